The quantitative estimate of drug-likeness (QED) is 0.832. The largest absolute Gasteiger partial charge is 0.472 e. The Labute approximate surface area is 141 Å². The van der Waals surface area contributed by atoms with Gasteiger partial charge in [-0.05, 0) is 45.2 Å². The van der Waals surface area contributed by atoms with Crippen LogP contribution in [0.5, 0.6) is 5.88 Å². The molecule has 0 bridgehead atoms. The van der Waals surface area contributed by atoms with Crippen LogP contribution in [0.4, 0.5) is 5.82 Å². The van der Waals surface area contributed by atoms with E-state index >= 15 is 0 Å². The molecule has 0 amide bonds. The van der Waals surface area contributed by atoms with Crippen LogP contribution in [-0.4, -0.2) is 20.6 Å². The summed E-state index contributed by atoms with van der Waals surface area (Å²) >= 11 is 6.08. The summed E-state index contributed by atoms with van der Waals surface area (Å²) in [5.74, 6) is 2.69. The molecular formula is C17H21ClN4O. The molecule has 0 saturated heterocycles. The van der Waals surface area contributed by atoms with Crippen LogP contribution in [0.3, 0.4) is 0 Å². The Hall–Kier alpha value is -1.88. The Morgan fingerprint density at radius 1 is 1.26 bits per heavy atom. The summed E-state index contributed by atoms with van der Waals surface area (Å²) < 4.78 is 5.79. The highest BCUT2D eigenvalue weighted by Crippen LogP contribution is 2.38. The van der Waals surface area contributed by atoms with Gasteiger partial charge in [0.25, 0.3) is 0 Å². The molecule has 0 radical (unpaired) electrons. The molecule has 0 unspecified atom stereocenters. The van der Waals surface area contributed by atoms with Crippen molar-refractivity contribution < 1.29 is 4.74 Å². The van der Waals surface area contributed by atoms with Crippen LogP contribution < -0.4 is 10.1 Å². The van der Waals surface area contributed by atoms with Crippen molar-refractivity contribution in [3.8, 4) is 5.88 Å². The van der Waals surface area contributed by atoms with Gasteiger partial charge in [0.2, 0.25) is 5.88 Å². The summed E-state index contributed by atoms with van der Waals surface area (Å²) in [7, 11) is 0. The van der Waals surface area contributed by atoms with E-state index in [1.165, 1.54) is 0 Å². The maximum Gasteiger partial charge on any atom is 0.214 e. The second-order valence-corrected chi connectivity index (χ2v) is 7.17. The van der Waals surface area contributed by atoms with Gasteiger partial charge in [0, 0.05) is 30.8 Å². The zero-order valence-corrected chi connectivity index (χ0v) is 14.4. The lowest BCUT2D eigenvalue weighted by atomic mass is 10.2. The molecule has 122 valence electrons. The lowest BCUT2D eigenvalue weighted by Gasteiger charge is -2.20. The van der Waals surface area contributed by atoms with Crippen molar-refractivity contribution in [1.82, 2.24) is 15.0 Å². The first-order valence-corrected chi connectivity index (χ1v) is 8.19. The van der Waals surface area contributed by atoms with E-state index in [0.717, 1.165) is 30.0 Å². The van der Waals surface area contributed by atoms with Gasteiger partial charge in [-0.25, -0.2) is 15.0 Å². The van der Waals surface area contributed by atoms with Crippen molar-refractivity contribution in [2.45, 2.75) is 51.7 Å². The zero-order valence-electron chi connectivity index (χ0n) is 13.6. The molecule has 5 nitrogen and oxygen atoms in total. The smallest absolute Gasteiger partial charge is 0.214 e. The van der Waals surface area contributed by atoms with Gasteiger partial charge < -0.3 is 10.1 Å². The summed E-state index contributed by atoms with van der Waals surface area (Å²) in [4.78, 5) is 13.1. The molecule has 2 heterocycles. The third kappa shape index (κ3) is 4.79. The Morgan fingerprint density at radius 2 is 2.04 bits per heavy atom. The van der Waals surface area contributed by atoms with Gasteiger partial charge in [0.05, 0.1) is 0 Å². The Bertz CT molecular complexity index is 695. The number of hydrogen-bond donors (Lipinski definition) is 1. The number of halogens is 1. The highest BCUT2D eigenvalue weighted by atomic mass is 35.5. The molecule has 0 atom stereocenters. The molecule has 1 aliphatic carbocycles. The van der Waals surface area contributed by atoms with Gasteiger partial charge in [-0.2, -0.15) is 0 Å². The summed E-state index contributed by atoms with van der Waals surface area (Å²) in [6, 6.07) is 5.64. The van der Waals surface area contributed by atoms with Gasteiger partial charge in [0.1, 0.15) is 22.4 Å². The van der Waals surface area contributed by atoms with Crippen molar-refractivity contribution in [2.24, 2.45) is 0 Å². The minimum Gasteiger partial charge on any atom is -0.472 e. The fourth-order valence-corrected chi connectivity index (χ4v) is 2.36. The van der Waals surface area contributed by atoms with Crippen molar-refractivity contribution in [3.63, 3.8) is 0 Å². The average molecular weight is 333 g/mol. The molecule has 0 spiro atoms. The molecule has 6 heteroatoms. The fourth-order valence-electron chi connectivity index (χ4n) is 2.17. The molecule has 3 rings (SSSR count). The molecule has 1 aliphatic rings. The highest BCUT2D eigenvalue weighted by molar-refractivity contribution is 6.29. The number of rotatable bonds is 5. The molecule has 1 fully saturated rings. The number of anilines is 1. The van der Waals surface area contributed by atoms with E-state index in [1.54, 1.807) is 12.3 Å². The monoisotopic (exact) mass is 332 g/mol. The standard InChI is InChI=1S/C17H21ClN4O/c1-17(2,3)23-15-8-11(6-7-19-15)10-20-14-9-13(18)21-16(22-14)12-4-5-12/h6-9,12H,4-5,10H2,1-3H3,(H,20,21,22). The van der Waals surface area contributed by atoms with Crippen molar-refractivity contribution >= 4 is 17.4 Å². The van der Waals surface area contributed by atoms with E-state index in [2.05, 4.69) is 20.3 Å². The van der Waals surface area contributed by atoms with Gasteiger partial charge in [-0.15, -0.1) is 0 Å². The number of pyridine rings is 1. The molecule has 0 aromatic carbocycles. The van der Waals surface area contributed by atoms with Gasteiger partial charge in [-0.3, -0.25) is 0 Å². The maximum absolute atomic E-state index is 6.08. The fraction of sp³-hybridized carbons (Fsp3) is 0.471. The van der Waals surface area contributed by atoms with Crippen LogP contribution in [0.2, 0.25) is 5.15 Å². The molecule has 2 aromatic rings. The van der Waals surface area contributed by atoms with Crippen LogP contribution in [-0.2, 0) is 6.54 Å². The minimum absolute atomic E-state index is 0.265. The normalized spacial score (nSPS) is 14.6. The Kier molecular flexibility index (Phi) is 4.39. The molecule has 1 saturated carbocycles. The van der Waals surface area contributed by atoms with Gasteiger partial charge >= 0.3 is 0 Å². The first-order chi connectivity index (χ1) is 10.9. The van der Waals surface area contributed by atoms with E-state index in [9.17, 15) is 0 Å². The van der Waals surface area contributed by atoms with Gasteiger partial charge in [0.15, 0.2) is 0 Å². The average Bonchev–Trinajstić information content (AvgIpc) is 3.28. The summed E-state index contributed by atoms with van der Waals surface area (Å²) in [6.07, 6.45) is 4.05. The number of hydrogen-bond acceptors (Lipinski definition) is 5. The molecular weight excluding hydrogens is 312 g/mol. The van der Waals surface area contributed by atoms with E-state index in [0.29, 0.717) is 23.5 Å². The number of aromatic nitrogens is 3. The van der Waals surface area contributed by atoms with Crippen molar-refractivity contribution in [1.29, 1.82) is 0 Å². The lowest BCUT2D eigenvalue weighted by molar-refractivity contribution is 0.124. The second kappa shape index (κ2) is 6.32. The van der Waals surface area contributed by atoms with E-state index in [-0.39, 0.29) is 5.60 Å². The van der Waals surface area contributed by atoms with Gasteiger partial charge in [-0.1, -0.05) is 11.6 Å². The Morgan fingerprint density at radius 3 is 2.74 bits per heavy atom. The lowest BCUT2D eigenvalue weighted by Crippen LogP contribution is -2.23. The summed E-state index contributed by atoms with van der Waals surface area (Å²) in [5, 5.41) is 3.78. The predicted octanol–water partition coefficient (Wildman–Crippen LogP) is 4.19. The Balaban J connectivity index is 1.67. The van der Waals surface area contributed by atoms with E-state index in [1.807, 2.05) is 32.9 Å². The highest BCUT2D eigenvalue weighted by Gasteiger charge is 2.27. The van der Waals surface area contributed by atoms with Crippen LogP contribution in [0.25, 0.3) is 0 Å². The van der Waals surface area contributed by atoms with Crippen molar-refractivity contribution in [2.75, 3.05) is 5.32 Å². The number of ether oxygens (including phenoxy) is 1. The third-order valence-corrected chi connectivity index (χ3v) is 3.53. The molecule has 2 aromatic heterocycles. The maximum atomic E-state index is 6.08. The molecule has 0 aliphatic heterocycles. The molecule has 23 heavy (non-hydrogen) atoms. The minimum atomic E-state index is -0.265. The predicted molar refractivity (Wildman–Crippen MR) is 91.0 cm³/mol. The van der Waals surface area contributed by atoms with Crippen LogP contribution in [0, 0.1) is 0 Å². The number of nitrogens with zero attached hydrogens (tertiary/aromatic N) is 3. The van der Waals surface area contributed by atoms with E-state index in [4.69, 9.17) is 16.3 Å². The summed E-state index contributed by atoms with van der Waals surface area (Å²) in [5.41, 5.74) is 0.806. The van der Waals surface area contributed by atoms with Crippen LogP contribution >= 0.6 is 11.6 Å². The first-order valence-electron chi connectivity index (χ1n) is 7.81. The third-order valence-electron chi connectivity index (χ3n) is 3.34. The zero-order chi connectivity index (χ0) is 16.4. The topological polar surface area (TPSA) is 59.9 Å². The molecule has 1 N–H and O–H groups in total. The second-order valence-electron chi connectivity index (χ2n) is 6.78. The van der Waals surface area contributed by atoms with Crippen LogP contribution in [0.1, 0.15) is 50.9 Å². The van der Waals surface area contributed by atoms with E-state index < -0.39 is 0 Å². The summed E-state index contributed by atoms with van der Waals surface area (Å²) in [6.45, 7) is 6.63. The number of nitrogens with one attached hydrogen (secondary N) is 1. The first kappa shape index (κ1) is 16.0. The SMILES string of the molecule is CC(C)(C)Oc1cc(CNc2cc(Cl)nc(C3CC3)n2)ccn1. The van der Waals surface area contributed by atoms with Crippen LogP contribution in [0.15, 0.2) is 24.4 Å². The van der Waals surface area contributed by atoms with Crippen molar-refractivity contribution in [3.05, 3.63) is 40.9 Å².